The monoisotopic (exact) mass is 380 g/mol. The molecular weight excluding hydrogens is 356 g/mol. The number of piperidine rings is 1. The minimum Gasteiger partial charge on any atom is -0.355 e. The summed E-state index contributed by atoms with van der Waals surface area (Å²) >= 11 is 0. The van der Waals surface area contributed by atoms with Crippen molar-refractivity contribution < 1.29 is 4.79 Å². The Bertz CT molecular complexity index is 949. The van der Waals surface area contributed by atoms with Crippen molar-refractivity contribution in [2.45, 2.75) is 25.3 Å². The number of rotatable bonds is 5. The molecule has 1 amide bonds. The van der Waals surface area contributed by atoms with E-state index in [4.69, 9.17) is 0 Å². The van der Waals surface area contributed by atoms with E-state index < -0.39 is 0 Å². The van der Waals surface area contributed by atoms with Gasteiger partial charge in [-0.15, -0.1) is 10.2 Å². The summed E-state index contributed by atoms with van der Waals surface area (Å²) in [7, 11) is 3.65. The van der Waals surface area contributed by atoms with E-state index in [0.29, 0.717) is 12.1 Å². The van der Waals surface area contributed by atoms with Gasteiger partial charge >= 0.3 is 0 Å². The standard InChI is InChI=1S/C19H24N8O/c1-20-19(28)15-6-3-7-22-18(15)27-9-4-5-14(11-27)17-24-23-16(25(17)2)12-26-10-8-21-13-26/h3,6-8,10,13-14H,4-5,9,11-12H2,1-2H3,(H,20,28). The van der Waals surface area contributed by atoms with Gasteiger partial charge in [0.05, 0.1) is 18.4 Å². The second-order valence-electron chi connectivity index (χ2n) is 7.01. The Morgan fingerprint density at radius 3 is 3.00 bits per heavy atom. The van der Waals surface area contributed by atoms with Crippen molar-refractivity contribution in [1.29, 1.82) is 0 Å². The van der Waals surface area contributed by atoms with Gasteiger partial charge in [-0.2, -0.15) is 0 Å². The van der Waals surface area contributed by atoms with Crippen molar-refractivity contribution in [3.63, 3.8) is 0 Å². The van der Waals surface area contributed by atoms with Crippen LogP contribution in [0.4, 0.5) is 5.82 Å². The zero-order chi connectivity index (χ0) is 19.5. The molecule has 0 radical (unpaired) electrons. The van der Waals surface area contributed by atoms with Gasteiger partial charge in [-0.05, 0) is 25.0 Å². The van der Waals surface area contributed by atoms with Crippen molar-refractivity contribution in [2.75, 3.05) is 25.0 Å². The number of amides is 1. The largest absolute Gasteiger partial charge is 0.355 e. The molecule has 146 valence electrons. The number of imidazole rings is 1. The molecule has 3 aromatic heterocycles. The molecule has 1 fully saturated rings. The van der Waals surface area contributed by atoms with Crippen LogP contribution < -0.4 is 10.2 Å². The molecule has 1 aliphatic heterocycles. The maximum atomic E-state index is 12.2. The lowest BCUT2D eigenvalue weighted by molar-refractivity contribution is 0.0963. The number of hydrogen-bond acceptors (Lipinski definition) is 6. The first-order valence-corrected chi connectivity index (χ1v) is 9.43. The normalized spacial score (nSPS) is 16.9. The van der Waals surface area contributed by atoms with Gasteiger partial charge in [0.25, 0.3) is 5.91 Å². The SMILES string of the molecule is CNC(=O)c1cccnc1N1CCCC(c2nnc(Cn3ccnc3)n2C)C1. The maximum absolute atomic E-state index is 12.2. The van der Waals surface area contributed by atoms with Crippen LogP contribution >= 0.6 is 0 Å². The molecule has 1 saturated heterocycles. The lowest BCUT2D eigenvalue weighted by Crippen LogP contribution is -2.37. The summed E-state index contributed by atoms with van der Waals surface area (Å²) in [6, 6.07) is 3.61. The smallest absolute Gasteiger partial charge is 0.254 e. The van der Waals surface area contributed by atoms with E-state index in [1.807, 2.05) is 23.9 Å². The molecule has 9 nitrogen and oxygen atoms in total. The van der Waals surface area contributed by atoms with Crippen LogP contribution in [0.2, 0.25) is 0 Å². The van der Waals surface area contributed by atoms with E-state index in [-0.39, 0.29) is 11.8 Å². The molecule has 4 heterocycles. The van der Waals surface area contributed by atoms with E-state index in [1.165, 1.54) is 0 Å². The molecule has 0 saturated carbocycles. The van der Waals surface area contributed by atoms with E-state index in [0.717, 1.165) is 43.4 Å². The second kappa shape index (κ2) is 7.79. The summed E-state index contributed by atoms with van der Waals surface area (Å²) in [5.41, 5.74) is 0.601. The van der Waals surface area contributed by atoms with Crippen LogP contribution in [0.1, 0.15) is 40.8 Å². The van der Waals surface area contributed by atoms with E-state index >= 15 is 0 Å². The average molecular weight is 380 g/mol. The lowest BCUT2D eigenvalue weighted by Gasteiger charge is -2.33. The highest BCUT2D eigenvalue weighted by atomic mass is 16.1. The second-order valence-corrected chi connectivity index (χ2v) is 7.01. The predicted octanol–water partition coefficient (Wildman–Crippen LogP) is 1.20. The van der Waals surface area contributed by atoms with Crippen LogP contribution in [0.5, 0.6) is 0 Å². The summed E-state index contributed by atoms with van der Waals surface area (Å²) in [4.78, 5) is 23.0. The van der Waals surface area contributed by atoms with Crippen LogP contribution in [-0.4, -0.2) is 55.3 Å². The number of aromatic nitrogens is 6. The minimum absolute atomic E-state index is 0.119. The van der Waals surface area contributed by atoms with Gasteiger partial charge in [-0.25, -0.2) is 9.97 Å². The third-order valence-corrected chi connectivity index (χ3v) is 5.23. The highest BCUT2D eigenvalue weighted by Crippen LogP contribution is 2.30. The fourth-order valence-corrected chi connectivity index (χ4v) is 3.75. The first kappa shape index (κ1) is 18.1. The molecular formula is C19H24N8O. The van der Waals surface area contributed by atoms with Gasteiger partial charge in [0.15, 0.2) is 5.82 Å². The van der Waals surface area contributed by atoms with Gasteiger partial charge in [0.2, 0.25) is 0 Å². The Morgan fingerprint density at radius 2 is 2.21 bits per heavy atom. The van der Waals surface area contributed by atoms with Crippen LogP contribution in [0.15, 0.2) is 37.1 Å². The molecule has 0 aromatic carbocycles. The number of nitrogens with zero attached hydrogens (tertiary/aromatic N) is 7. The third-order valence-electron chi connectivity index (χ3n) is 5.23. The molecule has 1 N–H and O–H groups in total. The van der Waals surface area contributed by atoms with E-state index in [2.05, 4.69) is 34.9 Å². The molecule has 0 aliphatic carbocycles. The minimum atomic E-state index is -0.119. The van der Waals surface area contributed by atoms with Crippen molar-refractivity contribution in [3.8, 4) is 0 Å². The first-order chi connectivity index (χ1) is 13.7. The number of carbonyl (C=O) groups excluding carboxylic acids is 1. The number of carbonyl (C=O) groups is 1. The van der Waals surface area contributed by atoms with Gasteiger partial charge in [0, 0.05) is 51.7 Å². The fraction of sp³-hybridized carbons (Fsp3) is 0.421. The lowest BCUT2D eigenvalue weighted by atomic mass is 9.96. The van der Waals surface area contributed by atoms with Crippen molar-refractivity contribution in [3.05, 3.63) is 54.3 Å². The van der Waals surface area contributed by atoms with E-state index in [1.54, 1.807) is 31.8 Å². The van der Waals surface area contributed by atoms with Crippen LogP contribution in [0.3, 0.4) is 0 Å². The topological polar surface area (TPSA) is 93.8 Å². The van der Waals surface area contributed by atoms with Crippen molar-refractivity contribution in [2.24, 2.45) is 7.05 Å². The molecule has 0 spiro atoms. The number of nitrogens with one attached hydrogen (secondary N) is 1. The number of hydrogen-bond donors (Lipinski definition) is 1. The number of anilines is 1. The van der Waals surface area contributed by atoms with Gasteiger partial charge in [0.1, 0.15) is 11.6 Å². The zero-order valence-electron chi connectivity index (χ0n) is 16.1. The summed E-state index contributed by atoms with van der Waals surface area (Å²) in [5.74, 6) is 2.72. The molecule has 4 rings (SSSR count). The Kier molecular flexibility index (Phi) is 5.05. The Hall–Kier alpha value is -3.23. The highest BCUT2D eigenvalue weighted by Gasteiger charge is 2.28. The summed E-state index contributed by atoms with van der Waals surface area (Å²) < 4.78 is 4.05. The number of pyridine rings is 1. The molecule has 9 heteroatoms. The molecule has 1 unspecified atom stereocenters. The fourth-order valence-electron chi connectivity index (χ4n) is 3.75. The Labute approximate surface area is 163 Å². The Morgan fingerprint density at radius 1 is 1.32 bits per heavy atom. The third kappa shape index (κ3) is 3.47. The zero-order valence-corrected chi connectivity index (χ0v) is 16.1. The van der Waals surface area contributed by atoms with Gasteiger partial charge < -0.3 is 19.4 Å². The molecule has 3 aromatic rings. The van der Waals surface area contributed by atoms with E-state index in [9.17, 15) is 4.79 Å². The van der Waals surface area contributed by atoms with Crippen LogP contribution in [-0.2, 0) is 13.6 Å². The average Bonchev–Trinajstić information content (AvgIpc) is 3.38. The predicted molar refractivity (Wildman–Crippen MR) is 104 cm³/mol. The maximum Gasteiger partial charge on any atom is 0.254 e. The highest BCUT2D eigenvalue weighted by molar-refractivity contribution is 5.98. The quantitative estimate of drug-likeness (QED) is 0.715. The van der Waals surface area contributed by atoms with Gasteiger partial charge in [-0.3, -0.25) is 4.79 Å². The van der Waals surface area contributed by atoms with Crippen LogP contribution in [0, 0.1) is 0 Å². The summed E-state index contributed by atoms with van der Waals surface area (Å²) in [6.45, 7) is 2.27. The molecule has 28 heavy (non-hydrogen) atoms. The molecule has 0 bridgehead atoms. The Balaban J connectivity index is 1.55. The molecule has 1 aliphatic rings. The van der Waals surface area contributed by atoms with Crippen molar-refractivity contribution >= 4 is 11.7 Å². The first-order valence-electron chi connectivity index (χ1n) is 9.43. The van der Waals surface area contributed by atoms with Crippen LogP contribution in [0.25, 0.3) is 0 Å². The molecule has 1 atom stereocenters. The van der Waals surface area contributed by atoms with Crippen molar-refractivity contribution in [1.82, 2.24) is 34.6 Å². The summed E-state index contributed by atoms with van der Waals surface area (Å²) in [5, 5.41) is 11.6. The van der Waals surface area contributed by atoms with Gasteiger partial charge in [-0.1, -0.05) is 0 Å². The summed E-state index contributed by atoms with van der Waals surface area (Å²) in [6.07, 6.45) is 9.23.